The molecule has 0 spiro atoms. The summed E-state index contributed by atoms with van der Waals surface area (Å²) in [7, 11) is 0. The fraction of sp³-hybridized carbons (Fsp3) is 0.171. The minimum atomic E-state index is -1.26. The second-order valence-electron chi connectivity index (χ2n) is 11.6. The van der Waals surface area contributed by atoms with E-state index in [4.69, 9.17) is 14.2 Å². The lowest BCUT2D eigenvalue weighted by atomic mass is 9.92. The van der Waals surface area contributed by atoms with Crippen LogP contribution in [-0.2, 0) is 9.47 Å². The number of rotatable bonds is 3. The Kier molecular flexibility index (Phi) is 6.15. The van der Waals surface area contributed by atoms with Crippen LogP contribution in [0.2, 0.25) is 0 Å². The second-order valence-corrected chi connectivity index (χ2v) is 12.5. The molecule has 2 aromatic heterocycles. The Morgan fingerprint density at radius 1 is 0.851 bits per heavy atom. The van der Waals surface area contributed by atoms with E-state index in [0.717, 1.165) is 22.1 Å². The Hall–Kier alpha value is -5.33. The highest BCUT2D eigenvalue weighted by atomic mass is 32.1. The number of thiophene rings is 1. The topological polar surface area (TPSA) is 90.3 Å². The van der Waals surface area contributed by atoms with Gasteiger partial charge < -0.3 is 19.1 Å². The highest BCUT2D eigenvalue weighted by Crippen LogP contribution is 2.51. The van der Waals surface area contributed by atoms with E-state index < -0.39 is 47.4 Å². The van der Waals surface area contributed by atoms with E-state index in [2.05, 4.69) is 0 Å². The van der Waals surface area contributed by atoms with Gasteiger partial charge in [0.2, 0.25) is 11.2 Å². The molecule has 3 aliphatic heterocycles. The van der Waals surface area contributed by atoms with Crippen LogP contribution in [0.25, 0.3) is 21.6 Å². The molecule has 9 rings (SSSR count). The maximum Gasteiger partial charge on any atom is 0.342 e. The molecule has 0 radical (unpaired) electrons. The molecule has 234 valence electrons. The van der Waals surface area contributed by atoms with Crippen molar-refractivity contribution < 1.29 is 32.6 Å². The van der Waals surface area contributed by atoms with Crippen molar-refractivity contribution in [2.24, 2.45) is 0 Å². The lowest BCUT2D eigenvalue weighted by Crippen LogP contribution is -2.66. The van der Waals surface area contributed by atoms with E-state index in [1.807, 2.05) is 34.7 Å². The highest BCUT2D eigenvalue weighted by molar-refractivity contribution is 7.14. The number of benzene rings is 3. The predicted molar refractivity (Wildman–Crippen MR) is 167 cm³/mol. The predicted octanol–water partition coefficient (Wildman–Crippen LogP) is 5.62. The van der Waals surface area contributed by atoms with Crippen molar-refractivity contribution in [2.75, 3.05) is 24.8 Å². The molecule has 1 aliphatic carbocycles. The Bertz CT molecular complexity index is 2220. The summed E-state index contributed by atoms with van der Waals surface area (Å²) < 4.78 is 50.0. The quantitative estimate of drug-likeness (QED) is 0.234. The van der Waals surface area contributed by atoms with Crippen molar-refractivity contribution in [1.82, 2.24) is 9.58 Å². The third-order valence-electron chi connectivity index (χ3n) is 9.15. The molecule has 1 fully saturated rings. The van der Waals surface area contributed by atoms with Gasteiger partial charge in [-0.15, -0.1) is 11.3 Å². The average molecular weight is 652 g/mol. The fourth-order valence-corrected chi connectivity index (χ4v) is 8.07. The van der Waals surface area contributed by atoms with Gasteiger partial charge in [-0.05, 0) is 40.3 Å². The minimum Gasteiger partial charge on any atom is -0.444 e. The molecule has 0 saturated carbocycles. The van der Waals surface area contributed by atoms with Gasteiger partial charge >= 0.3 is 5.97 Å². The molecule has 3 aromatic carbocycles. The molecule has 1 saturated heterocycles. The number of cyclic esters (lactones) is 1. The molecule has 1 unspecified atom stereocenters. The number of amides is 1. The van der Waals surface area contributed by atoms with Crippen LogP contribution in [-0.4, -0.2) is 47.4 Å². The number of fused-ring (bicyclic) bond motifs is 8. The van der Waals surface area contributed by atoms with Crippen LogP contribution in [0, 0.1) is 11.6 Å². The molecule has 5 heterocycles. The van der Waals surface area contributed by atoms with Crippen molar-refractivity contribution in [3.63, 3.8) is 0 Å². The molecule has 0 bridgehead atoms. The van der Waals surface area contributed by atoms with Crippen LogP contribution in [0.4, 0.5) is 8.78 Å². The molecule has 4 aliphatic rings. The SMILES string of the molecule is O=C1OC(Oc2c3n(ccc2=O)N([C@@H]2c4ccccc4-c4sccc4-c4c2ccc(F)c4F)[C@@H]2COCCN2C3=O)c2ccccc21. The van der Waals surface area contributed by atoms with Gasteiger partial charge in [-0.1, -0.05) is 48.5 Å². The number of nitrogens with zero attached hydrogens (tertiary/aromatic N) is 3. The van der Waals surface area contributed by atoms with E-state index in [1.54, 1.807) is 46.0 Å². The third kappa shape index (κ3) is 3.98. The van der Waals surface area contributed by atoms with Crippen molar-refractivity contribution >= 4 is 23.2 Å². The first-order valence-electron chi connectivity index (χ1n) is 15.0. The Morgan fingerprint density at radius 2 is 1.64 bits per heavy atom. The number of morpholine rings is 1. The summed E-state index contributed by atoms with van der Waals surface area (Å²) in [5, 5.41) is 3.71. The number of pyridine rings is 1. The number of halogens is 2. The summed E-state index contributed by atoms with van der Waals surface area (Å²) in [4.78, 5) is 42.8. The first-order valence-corrected chi connectivity index (χ1v) is 15.8. The molecule has 1 amide bonds. The van der Waals surface area contributed by atoms with Crippen LogP contribution in [0.15, 0.2) is 89.2 Å². The van der Waals surface area contributed by atoms with Crippen molar-refractivity contribution in [3.8, 4) is 27.3 Å². The summed E-state index contributed by atoms with van der Waals surface area (Å²) in [5.74, 6) is -3.34. The van der Waals surface area contributed by atoms with Crippen LogP contribution < -0.4 is 15.2 Å². The van der Waals surface area contributed by atoms with E-state index in [-0.39, 0.29) is 36.8 Å². The first kappa shape index (κ1) is 27.9. The molecule has 3 atom stereocenters. The van der Waals surface area contributed by atoms with E-state index in [9.17, 15) is 18.8 Å². The molecule has 5 aromatic rings. The molecular weight excluding hydrogens is 628 g/mol. The van der Waals surface area contributed by atoms with Gasteiger partial charge in [0.1, 0.15) is 6.17 Å². The lowest BCUT2D eigenvalue weighted by molar-refractivity contribution is -0.0417. The first-order chi connectivity index (χ1) is 22.9. The van der Waals surface area contributed by atoms with Crippen molar-refractivity contribution in [2.45, 2.75) is 18.5 Å². The maximum atomic E-state index is 16.0. The number of hydrogen-bond acceptors (Lipinski definition) is 8. The van der Waals surface area contributed by atoms with E-state index >= 15 is 4.39 Å². The zero-order chi connectivity index (χ0) is 32.0. The third-order valence-corrected chi connectivity index (χ3v) is 10.1. The highest BCUT2D eigenvalue weighted by Gasteiger charge is 2.47. The zero-order valence-corrected chi connectivity index (χ0v) is 25.2. The van der Waals surface area contributed by atoms with Crippen LogP contribution in [0.5, 0.6) is 5.75 Å². The Balaban J connectivity index is 1.30. The second kappa shape index (κ2) is 10.3. The van der Waals surface area contributed by atoms with Gasteiger partial charge in [0.05, 0.1) is 24.8 Å². The number of ether oxygens (including phenoxy) is 3. The molecular formula is C35H23F2N3O6S. The molecule has 0 N–H and O–H groups in total. The van der Waals surface area contributed by atoms with Crippen LogP contribution >= 0.6 is 11.3 Å². The normalized spacial score (nSPS) is 20.7. The zero-order valence-electron chi connectivity index (χ0n) is 24.4. The molecule has 47 heavy (non-hydrogen) atoms. The van der Waals surface area contributed by atoms with E-state index in [0.29, 0.717) is 22.3 Å². The average Bonchev–Trinajstić information content (AvgIpc) is 3.67. The summed E-state index contributed by atoms with van der Waals surface area (Å²) in [6.07, 6.45) is -0.472. The van der Waals surface area contributed by atoms with Gasteiger partial charge in [-0.3, -0.25) is 19.3 Å². The summed E-state index contributed by atoms with van der Waals surface area (Å²) in [6, 6.07) is 19.3. The number of carbonyl (C=O) groups is 2. The standard InChI is InChI=1S/C35H23F2N3O6S/c36-24-10-9-22-27(28(24)37)23-12-16-47-32(23)19-6-2-1-5-18(19)29(22)40-26-17-44-15-14-38(26)33(42)30-31(25(41)11-13-39(30)40)45-35-21-8-4-3-7-20(21)34(43)46-35/h1-13,16,26,29,35H,14-15,17H2/t26-,29-,35?/m1/s1. The van der Waals surface area contributed by atoms with Crippen molar-refractivity contribution in [3.05, 3.63) is 134 Å². The van der Waals surface area contributed by atoms with E-state index in [1.165, 1.54) is 23.6 Å². The molecule has 12 heteroatoms. The van der Waals surface area contributed by atoms with Gasteiger partial charge in [-0.25, -0.2) is 13.6 Å². The van der Waals surface area contributed by atoms with Crippen molar-refractivity contribution in [1.29, 1.82) is 0 Å². The lowest BCUT2D eigenvalue weighted by Gasteiger charge is -2.51. The van der Waals surface area contributed by atoms with Crippen LogP contribution in [0.1, 0.15) is 49.9 Å². The smallest absolute Gasteiger partial charge is 0.342 e. The monoisotopic (exact) mass is 651 g/mol. The summed E-state index contributed by atoms with van der Waals surface area (Å²) in [5.41, 5.74) is 2.82. The molecule has 9 nitrogen and oxygen atoms in total. The van der Waals surface area contributed by atoms with Gasteiger partial charge in [0.25, 0.3) is 12.2 Å². The summed E-state index contributed by atoms with van der Waals surface area (Å²) in [6.45, 7) is 0.572. The van der Waals surface area contributed by atoms with Gasteiger partial charge in [-0.2, -0.15) is 0 Å². The largest absolute Gasteiger partial charge is 0.444 e. The Labute approximate surface area is 269 Å². The fourth-order valence-electron chi connectivity index (χ4n) is 7.12. The van der Waals surface area contributed by atoms with Crippen LogP contribution in [0.3, 0.4) is 0 Å². The minimum absolute atomic E-state index is 0.0864. The maximum absolute atomic E-state index is 16.0. The number of carbonyl (C=O) groups excluding carboxylic acids is 2. The number of esters is 1. The Morgan fingerprint density at radius 3 is 2.49 bits per heavy atom. The number of hydrogen-bond donors (Lipinski definition) is 0. The van der Waals surface area contributed by atoms with Gasteiger partial charge in [0.15, 0.2) is 17.3 Å². The number of aromatic nitrogens is 1. The van der Waals surface area contributed by atoms with Gasteiger partial charge in [0, 0.05) is 40.4 Å². The summed E-state index contributed by atoms with van der Waals surface area (Å²) >= 11 is 1.43.